The molecule has 0 amide bonds. The lowest BCUT2D eigenvalue weighted by Crippen LogP contribution is -2.29. The van der Waals surface area contributed by atoms with E-state index in [2.05, 4.69) is 0 Å². The second kappa shape index (κ2) is 5.43. The molecule has 0 fully saturated rings. The maximum Gasteiger partial charge on any atom is 0.252 e. The number of sulfonamides is 1. The van der Waals surface area contributed by atoms with Crippen LogP contribution in [0, 0.1) is 5.92 Å². The van der Waals surface area contributed by atoms with E-state index in [4.69, 9.17) is 18.0 Å². The van der Waals surface area contributed by atoms with Crippen molar-refractivity contribution >= 4 is 38.6 Å². The predicted octanol–water partition coefficient (Wildman–Crippen LogP) is 1.66. The van der Waals surface area contributed by atoms with Gasteiger partial charge in [-0.3, -0.25) is 0 Å². The normalized spacial score (nSPS) is 12.3. The fourth-order valence-corrected chi connectivity index (χ4v) is 4.25. The van der Waals surface area contributed by atoms with Crippen LogP contribution in [-0.4, -0.2) is 31.3 Å². The SMILES string of the molecule is CC(C)CN(C)S(=O)(=O)c1ccc(C(N)=S)s1. The van der Waals surface area contributed by atoms with Crippen LogP contribution in [0.15, 0.2) is 16.3 Å². The molecule has 1 heterocycles. The van der Waals surface area contributed by atoms with Crippen molar-refractivity contribution in [1.29, 1.82) is 0 Å². The standard InChI is InChI=1S/C10H16N2O2S3/c1-7(2)6-12(3)17(13,14)9-5-4-8(16-9)10(11)15/h4-5,7H,6H2,1-3H3,(H2,11,15). The Kier molecular flexibility index (Phi) is 4.65. The Bertz CT molecular complexity index is 505. The molecule has 0 unspecified atom stereocenters. The topological polar surface area (TPSA) is 63.4 Å². The molecular weight excluding hydrogens is 276 g/mol. The Morgan fingerprint density at radius 1 is 1.53 bits per heavy atom. The van der Waals surface area contributed by atoms with Crippen molar-refractivity contribution in [2.45, 2.75) is 18.1 Å². The molecule has 0 spiro atoms. The summed E-state index contributed by atoms with van der Waals surface area (Å²) in [5, 5.41) is 0. The first-order valence-electron chi connectivity index (χ1n) is 5.11. The van der Waals surface area contributed by atoms with E-state index in [-0.39, 0.29) is 15.1 Å². The van der Waals surface area contributed by atoms with E-state index in [1.54, 1.807) is 19.2 Å². The van der Waals surface area contributed by atoms with Gasteiger partial charge in [-0.15, -0.1) is 11.3 Å². The highest BCUT2D eigenvalue weighted by Gasteiger charge is 2.23. The second-order valence-corrected chi connectivity index (χ2v) is 7.96. The minimum absolute atomic E-state index is 0.225. The summed E-state index contributed by atoms with van der Waals surface area (Å²) in [6.07, 6.45) is 0. The number of nitrogens with zero attached hydrogens (tertiary/aromatic N) is 1. The third-order valence-corrected chi connectivity index (χ3v) is 5.87. The molecule has 96 valence electrons. The number of hydrogen-bond acceptors (Lipinski definition) is 4. The molecule has 1 aromatic heterocycles. The van der Waals surface area contributed by atoms with Gasteiger partial charge >= 0.3 is 0 Å². The van der Waals surface area contributed by atoms with Gasteiger partial charge in [-0.25, -0.2) is 8.42 Å². The van der Waals surface area contributed by atoms with Crippen molar-refractivity contribution < 1.29 is 8.42 Å². The van der Waals surface area contributed by atoms with Crippen LogP contribution >= 0.6 is 23.6 Å². The summed E-state index contributed by atoms with van der Waals surface area (Å²) in [5.74, 6) is 0.282. The molecule has 0 atom stereocenters. The number of rotatable bonds is 5. The molecule has 0 aliphatic carbocycles. The van der Waals surface area contributed by atoms with E-state index in [9.17, 15) is 8.42 Å². The zero-order chi connectivity index (χ0) is 13.2. The molecule has 0 saturated heterocycles. The Balaban J connectivity index is 3.00. The monoisotopic (exact) mass is 292 g/mol. The molecule has 0 bridgehead atoms. The highest BCUT2D eigenvalue weighted by molar-refractivity contribution is 7.91. The van der Waals surface area contributed by atoms with Gasteiger partial charge in [0.05, 0.1) is 4.88 Å². The molecule has 7 heteroatoms. The van der Waals surface area contributed by atoms with E-state index in [1.807, 2.05) is 13.8 Å². The van der Waals surface area contributed by atoms with E-state index in [1.165, 1.54) is 4.31 Å². The van der Waals surface area contributed by atoms with Crippen molar-refractivity contribution in [3.63, 3.8) is 0 Å². The summed E-state index contributed by atoms with van der Waals surface area (Å²) >= 11 is 5.92. The van der Waals surface area contributed by atoms with E-state index in [0.29, 0.717) is 11.4 Å². The van der Waals surface area contributed by atoms with Crippen molar-refractivity contribution in [1.82, 2.24) is 4.31 Å². The van der Waals surface area contributed by atoms with Crippen molar-refractivity contribution in [3.05, 3.63) is 17.0 Å². The van der Waals surface area contributed by atoms with E-state index >= 15 is 0 Å². The molecule has 0 aliphatic heterocycles. The molecule has 0 aromatic carbocycles. The first kappa shape index (κ1) is 14.6. The van der Waals surface area contributed by atoms with Crippen LogP contribution in [0.3, 0.4) is 0 Å². The van der Waals surface area contributed by atoms with Crippen LogP contribution in [0.5, 0.6) is 0 Å². The van der Waals surface area contributed by atoms with Crippen LogP contribution in [0.4, 0.5) is 0 Å². The van der Waals surface area contributed by atoms with Crippen molar-refractivity contribution in [2.75, 3.05) is 13.6 Å². The van der Waals surface area contributed by atoms with Gasteiger partial charge in [-0.05, 0) is 18.1 Å². The lowest BCUT2D eigenvalue weighted by Gasteiger charge is -2.17. The fraction of sp³-hybridized carbons (Fsp3) is 0.500. The third-order valence-electron chi connectivity index (χ3n) is 2.11. The molecule has 1 rings (SSSR count). The number of thiocarbonyl (C=S) groups is 1. The number of nitrogens with two attached hydrogens (primary N) is 1. The van der Waals surface area contributed by atoms with Crippen LogP contribution < -0.4 is 5.73 Å². The zero-order valence-electron chi connectivity index (χ0n) is 10.0. The third kappa shape index (κ3) is 3.48. The molecule has 2 N–H and O–H groups in total. The molecular formula is C10H16N2O2S3. The van der Waals surface area contributed by atoms with Gasteiger partial charge in [-0.1, -0.05) is 26.1 Å². The quantitative estimate of drug-likeness (QED) is 0.838. The van der Waals surface area contributed by atoms with Gasteiger partial charge in [0.2, 0.25) is 0 Å². The first-order chi connectivity index (χ1) is 7.75. The molecule has 0 aliphatic rings. The molecule has 4 nitrogen and oxygen atoms in total. The van der Waals surface area contributed by atoms with Gasteiger partial charge in [0.1, 0.15) is 9.20 Å². The van der Waals surface area contributed by atoms with Gasteiger partial charge in [0.25, 0.3) is 10.0 Å². The molecule has 17 heavy (non-hydrogen) atoms. The minimum atomic E-state index is -3.41. The number of hydrogen-bond donors (Lipinski definition) is 1. The Morgan fingerprint density at radius 2 is 2.12 bits per heavy atom. The van der Waals surface area contributed by atoms with Gasteiger partial charge in [0, 0.05) is 13.6 Å². The maximum absolute atomic E-state index is 12.2. The largest absolute Gasteiger partial charge is 0.389 e. The molecule has 0 radical (unpaired) electrons. The van der Waals surface area contributed by atoms with Gasteiger partial charge in [0.15, 0.2) is 0 Å². The Morgan fingerprint density at radius 3 is 2.53 bits per heavy atom. The van der Waals surface area contributed by atoms with E-state index in [0.717, 1.165) is 11.3 Å². The summed E-state index contributed by atoms with van der Waals surface area (Å²) in [7, 11) is -1.83. The van der Waals surface area contributed by atoms with Crippen molar-refractivity contribution in [3.8, 4) is 0 Å². The summed E-state index contributed by atoms with van der Waals surface area (Å²) in [5.41, 5.74) is 5.46. The van der Waals surface area contributed by atoms with Crippen LogP contribution in [-0.2, 0) is 10.0 Å². The average molecular weight is 292 g/mol. The minimum Gasteiger partial charge on any atom is -0.389 e. The highest BCUT2D eigenvalue weighted by atomic mass is 32.2. The first-order valence-corrected chi connectivity index (χ1v) is 7.77. The summed E-state index contributed by atoms with van der Waals surface area (Å²) in [6, 6.07) is 3.19. The Labute approximate surface area is 111 Å². The maximum atomic E-state index is 12.2. The predicted molar refractivity (Wildman–Crippen MR) is 74.9 cm³/mol. The lowest BCUT2D eigenvalue weighted by molar-refractivity contribution is 0.418. The number of thiophene rings is 1. The summed E-state index contributed by atoms with van der Waals surface area (Å²) in [4.78, 5) is 0.847. The summed E-state index contributed by atoms with van der Waals surface area (Å²) in [6.45, 7) is 4.43. The van der Waals surface area contributed by atoms with Crippen molar-refractivity contribution in [2.24, 2.45) is 11.7 Å². The smallest absolute Gasteiger partial charge is 0.252 e. The van der Waals surface area contributed by atoms with Crippen LogP contribution in [0.2, 0.25) is 0 Å². The Hall–Kier alpha value is -0.500. The average Bonchev–Trinajstić information content (AvgIpc) is 2.65. The van der Waals surface area contributed by atoms with Crippen LogP contribution in [0.1, 0.15) is 18.7 Å². The zero-order valence-corrected chi connectivity index (χ0v) is 12.5. The summed E-state index contributed by atoms with van der Waals surface area (Å²) < 4.78 is 25.9. The molecule has 1 aromatic rings. The highest BCUT2D eigenvalue weighted by Crippen LogP contribution is 2.24. The van der Waals surface area contributed by atoms with E-state index < -0.39 is 10.0 Å². The lowest BCUT2D eigenvalue weighted by atomic mass is 10.2. The molecule has 0 saturated carbocycles. The van der Waals surface area contributed by atoms with Gasteiger partial charge < -0.3 is 5.73 Å². The van der Waals surface area contributed by atoms with Crippen LogP contribution in [0.25, 0.3) is 0 Å². The fourth-order valence-electron chi connectivity index (χ4n) is 1.36. The van der Waals surface area contributed by atoms with Gasteiger partial charge in [-0.2, -0.15) is 4.31 Å². The second-order valence-electron chi connectivity index (χ2n) is 4.16.